The van der Waals surface area contributed by atoms with E-state index in [-0.39, 0.29) is 18.2 Å². The summed E-state index contributed by atoms with van der Waals surface area (Å²) in [5, 5.41) is 11.7. The predicted octanol–water partition coefficient (Wildman–Crippen LogP) is 2.77. The van der Waals surface area contributed by atoms with Gasteiger partial charge in [0.2, 0.25) is 6.10 Å². The first-order valence-electron chi connectivity index (χ1n) is 6.87. The summed E-state index contributed by atoms with van der Waals surface area (Å²) in [5.74, 6) is -1.79. The molecule has 0 spiro atoms. The van der Waals surface area contributed by atoms with E-state index in [2.05, 4.69) is 5.32 Å². The molecule has 122 valence electrons. The molecule has 0 saturated carbocycles. The van der Waals surface area contributed by atoms with Gasteiger partial charge in [-0.1, -0.05) is 0 Å². The summed E-state index contributed by atoms with van der Waals surface area (Å²) < 4.78 is 18.1. The highest BCUT2D eigenvalue weighted by atomic mass is 32.1. The van der Waals surface area contributed by atoms with Gasteiger partial charge in [0.1, 0.15) is 11.6 Å². The van der Waals surface area contributed by atoms with Crippen molar-refractivity contribution in [3.63, 3.8) is 0 Å². The number of carboxylic acid groups (broad SMARTS) is 1. The van der Waals surface area contributed by atoms with E-state index in [1.807, 2.05) is 13.8 Å². The number of aryl methyl sites for hydroxylation is 2. The van der Waals surface area contributed by atoms with E-state index in [4.69, 9.17) is 4.74 Å². The molecule has 2 rings (SSSR count). The summed E-state index contributed by atoms with van der Waals surface area (Å²) in [7, 11) is 0. The minimum absolute atomic E-state index is 0.193. The van der Waals surface area contributed by atoms with E-state index in [1.54, 1.807) is 6.07 Å². The van der Waals surface area contributed by atoms with Crippen LogP contribution in [0, 0.1) is 19.7 Å². The first-order chi connectivity index (χ1) is 10.9. The number of aliphatic carboxylic acids is 1. The zero-order valence-electron chi connectivity index (χ0n) is 12.6. The van der Waals surface area contributed by atoms with Crippen LogP contribution in [0.5, 0.6) is 5.75 Å². The fourth-order valence-electron chi connectivity index (χ4n) is 1.81. The van der Waals surface area contributed by atoms with Crippen molar-refractivity contribution in [1.29, 1.82) is 0 Å². The second-order valence-electron chi connectivity index (χ2n) is 4.96. The second kappa shape index (κ2) is 7.23. The van der Waals surface area contributed by atoms with E-state index in [1.165, 1.54) is 35.6 Å². The zero-order chi connectivity index (χ0) is 17.0. The average Bonchev–Trinajstić information content (AvgIpc) is 2.84. The monoisotopic (exact) mass is 337 g/mol. The molecule has 1 heterocycles. The lowest BCUT2D eigenvalue weighted by Gasteiger charge is -2.15. The molecule has 1 amide bonds. The molecular weight excluding hydrogens is 321 g/mol. The molecule has 0 aliphatic rings. The molecular formula is C16H16FNO4S. The molecule has 1 atom stereocenters. The van der Waals surface area contributed by atoms with E-state index in [9.17, 15) is 19.1 Å². The molecule has 0 aliphatic carbocycles. The number of hydrogen-bond acceptors (Lipinski definition) is 4. The van der Waals surface area contributed by atoms with Gasteiger partial charge in [-0.2, -0.15) is 0 Å². The maximum atomic E-state index is 12.8. The third-order valence-electron chi connectivity index (χ3n) is 3.21. The van der Waals surface area contributed by atoms with Crippen molar-refractivity contribution >= 4 is 23.2 Å². The molecule has 0 fully saturated rings. The van der Waals surface area contributed by atoms with Crippen LogP contribution in [0.15, 0.2) is 30.3 Å². The van der Waals surface area contributed by atoms with E-state index < -0.39 is 17.9 Å². The van der Waals surface area contributed by atoms with Gasteiger partial charge >= 0.3 is 5.97 Å². The van der Waals surface area contributed by atoms with Gasteiger partial charge in [-0.05, 0) is 49.7 Å². The van der Waals surface area contributed by atoms with Crippen LogP contribution in [0.25, 0.3) is 0 Å². The number of thiophene rings is 1. The number of carbonyl (C=O) groups excluding carboxylic acids is 1. The topological polar surface area (TPSA) is 75.6 Å². The maximum absolute atomic E-state index is 12.8. The van der Waals surface area contributed by atoms with Crippen molar-refractivity contribution in [3.8, 4) is 5.75 Å². The number of amides is 1. The van der Waals surface area contributed by atoms with Crippen LogP contribution in [-0.4, -0.2) is 29.6 Å². The highest BCUT2D eigenvalue weighted by Gasteiger charge is 2.21. The highest BCUT2D eigenvalue weighted by molar-refractivity contribution is 7.14. The lowest BCUT2D eigenvalue weighted by molar-refractivity contribution is -0.144. The molecule has 7 heteroatoms. The smallest absolute Gasteiger partial charge is 0.346 e. The Bertz CT molecular complexity index is 692. The summed E-state index contributed by atoms with van der Waals surface area (Å²) in [5.41, 5.74) is 1.01. The minimum Gasteiger partial charge on any atom is -0.478 e. The Morgan fingerprint density at radius 1 is 1.30 bits per heavy atom. The zero-order valence-corrected chi connectivity index (χ0v) is 13.4. The summed E-state index contributed by atoms with van der Waals surface area (Å²) in [6.07, 6.45) is -1.26. The van der Waals surface area contributed by atoms with E-state index >= 15 is 0 Å². The van der Waals surface area contributed by atoms with E-state index in [0.717, 1.165) is 10.4 Å². The van der Waals surface area contributed by atoms with Gasteiger partial charge in [0.05, 0.1) is 11.4 Å². The van der Waals surface area contributed by atoms with Gasteiger partial charge in [-0.25, -0.2) is 9.18 Å². The van der Waals surface area contributed by atoms with Crippen molar-refractivity contribution in [1.82, 2.24) is 5.32 Å². The van der Waals surface area contributed by atoms with Crippen molar-refractivity contribution < 1.29 is 23.8 Å². The van der Waals surface area contributed by atoms with Crippen molar-refractivity contribution in [2.24, 2.45) is 0 Å². The summed E-state index contributed by atoms with van der Waals surface area (Å²) in [6.45, 7) is 3.62. The number of carboxylic acids is 1. The molecule has 2 aromatic rings. The Hall–Kier alpha value is -2.41. The van der Waals surface area contributed by atoms with Crippen LogP contribution in [-0.2, 0) is 4.79 Å². The molecule has 23 heavy (non-hydrogen) atoms. The number of ether oxygens (including phenoxy) is 1. The van der Waals surface area contributed by atoms with Crippen molar-refractivity contribution in [3.05, 3.63) is 51.5 Å². The van der Waals surface area contributed by atoms with Crippen LogP contribution in [0.2, 0.25) is 0 Å². The Labute approximate surface area is 136 Å². The lowest BCUT2D eigenvalue weighted by Crippen LogP contribution is -2.40. The van der Waals surface area contributed by atoms with Crippen LogP contribution >= 0.6 is 11.3 Å². The Morgan fingerprint density at radius 3 is 2.48 bits per heavy atom. The molecule has 0 bridgehead atoms. The van der Waals surface area contributed by atoms with Crippen LogP contribution < -0.4 is 10.1 Å². The summed E-state index contributed by atoms with van der Waals surface area (Å²) in [4.78, 5) is 24.8. The Kier molecular flexibility index (Phi) is 5.33. The third kappa shape index (κ3) is 4.53. The quantitative estimate of drug-likeness (QED) is 0.850. The molecule has 1 aromatic heterocycles. The molecule has 1 unspecified atom stereocenters. The van der Waals surface area contributed by atoms with Gasteiger partial charge in [0.25, 0.3) is 5.91 Å². The number of hydrogen-bond donors (Lipinski definition) is 2. The van der Waals surface area contributed by atoms with Gasteiger partial charge < -0.3 is 15.2 Å². The third-order valence-corrected chi connectivity index (χ3v) is 4.36. The molecule has 0 radical (unpaired) electrons. The maximum Gasteiger partial charge on any atom is 0.346 e. The first-order valence-corrected chi connectivity index (χ1v) is 7.68. The normalized spacial score (nSPS) is 11.8. The van der Waals surface area contributed by atoms with Gasteiger partial charge in [-0.15, -0.1) is 11.3 Å². The standard InChI is InChI=1S/C16H16FNO4S/c1-9-7-14(23-10(9)2)15(19)18-8-13(16(20)21)22-12-5-3-11(17)4-6-12/h3-7,13H,8H2,1-2H3,(H,18,19)(H,20,21). The SMILES string of the molecule is Cc1cc(C(=O)NCC(Oc2ccc(F)cc2)C(=O)O)sc1C. The fourth-order valence-corrected chi connectivity index (χ4v) is 2.76. The minimum atomic E-state index is -1.26. The van der Waals surface area contributed by atoms with Crippen LogP contribution in [0.3, 0.4) is 0 Å². The average molecular weight is 337 g/mol. The van der Waals surface area contributed by atoms with Crippen molar-refractivity contribution in [2.45, 2.75) is 20.0 Å². The summed E-state index contributed by atoms with van der Waals surface area (Å²) in [6, 6.07) is 6.76. The highest BCUT2D eigenvalue weighted by Crippen LogP contribution is 2.20. The molecule has 0 aliphatic heterocycles. The number of halogens is 1. The fraction of sp³-hybridized carbons (Fsp3) is 0.250. The van der Waals surface area contributed by atoms with Gasteiger partial charge in [0.15, 0.2) is 0 Å². The van der Waals surface area contributed by atoms with Gasteiger partial charge in [0, 0.05) is 4.88 Å². The number of rotatable bonds is 6. The molecule has 5 nitrogen and oxygen atoms in total. The Balaban J connectivity index is 1.98. The van der Waals surface area contributed by atoms with Crippen molar-refractivity contribution in [2.75, 3.05) is 6.54 Å². The Morgan fingerprint density at radius 2 is 1.96 bits per heavy atom. The van der Waals surface area contributed by atoms with Crippen LogP contribution in [0.4, 0.5) is 4.39 Å². The number of benzene rings is 1. The van der Waals surface area contributed by atoms with Gasteiger partial charge in [-0.3, -0.25) is 4.79 Å². The molecule has 2 N–H and O–H groups in total. The lowest BCUT2D eigenvalue weighted by atomic mass is 10.2. The van der Waals surface area contributed by atoms with Crippen LogP contribution in [0.1, 0.15) is 20.1 Å². The van der Waals surface area contributed by atoms with E-state index in [0.29, 0.717) is 4.88 Å². The number of carbonyl (C=O) groups is 2. The second-order valence-corrected chi connectivity index (χ2v) is 6.21. The molecule has 0 saturated heterocycles. The first kappa shape index (κ1) is 17.0. The predicted molar refractivity (Wildman–Crippen MR) is 84.6 cm³/mol. The number of nitrogens with one attached hydrogen (secondary N) is 1. The largest absolute Gasteiger partial charge is 0.478 e. The molecule has 1 aromatic carbocycles. The summed E-state index contributed by atoms with van der Waals surface area (Å²) >= 11 is 1.35.